The second-order valence-corrected chi connectivity index (χ2v) is 14.3. The SMILES string of the molecule is CCC(=O)N[C@H](Cc1ccc(CNC(=O)C(NC(=O)c2ccnn2C(C)C)C2CCCCCC2)cc1)C(=O)N1CCN(Cc2ccccc2)CC1. The molecule has 2 fully saturated rings. The molecule has 274 valence electrons. The summed E-state index contributed by atoms with van der Waals surface area (Å²) in [4.78, 5) is 57.5. The van der Waals surface area contributed by atoms with Crippen molar-refractivity contribution in [2.24, 2.45) is 5.92 Å². The quantitative estimate of drug-likeness (QED) is 0.211. The van der Waals surface area contributed by atoms with Crippen LogP contribution in [0.2, 0.25) is 0 Å². The number of carbonyl (C=O) groups excluding carboxylic acids is 4. The van der Waals surface area contributed by atoms with E-state index in [0.29, 0.717) is 38.2 Å². The Balaban J connectivity index is 1.18. The molecule has 2 heterocycles. The number of piperazine rings is 1. The van der Waals surface area contributed by atoms with Crippen LogP contribution in [0.4, 0.5) is 0 Å². The summed E-state index contributed by atoms with van der Waals surface area (Å²) in [6, 6.07) is 18.6. The molecule has 11 heteroatoms. The van der Waals surface area contributed by atoms with Gasteiger partial charge in [-0.05, 0) is 55.4 Å². The van der Waals surface area contributed by atoms with Crippen LogP contribution in [0.3, 0.4) is 0 Å². The molecule has 2 atom stereocenters. The Morgan fingerprint density at radius 1 is 0.804 bits per heavy atom. The molecule has 3 aromatic rings. The van der Waals surface area contributed by atoms with Crippen molar-refractivity contribution >= 4 is 23.6 Å². The van der Waals surface area contributed by atoms with E-state index in [-0.39, 0.29) is 35.6 Å². The highest BCUT2D eigenvalue weighted by Crippen LogP contribution is 2.26. The number of amides is 4. The summed E-state index contributed by atoms with van der Waals surface area (Å²) < 4.78 is 1.68. The molecular formula is C40H55N7O4. The van der Waals surface area contributed by atoms with Gasteiger partial charge in [0.2, 0.25) is 17.7 Å². The van der Waals surface area contributed by atoms with Gasteiger partial charge in [-0.15, -0.1) is 0 Å². The van der Waals surface area contributed by atoms with Crippen LogP contribution in [0.15, 0.2) is 66.9 Å². The van der Waals surface area contributed by atoms with Crippen molar-refractivity contribution in [3.63, 3.8) is 0 Å². The average molecular weight is 698 g/mol. The second kappa shape index (κ2) is 18.6. The van der Waals surface area contributed by atoms with E-state index in [2.05, 4.69) is 38.1 Å². The maximum absolute atomic E-state index is 13.7. The summed E-state index contributed by atoms with van der Waals surface area (Å²) >= 11 is 0. The van der Waals surface area contributed by atoms with Crippen molar-refractivity contribution < 1.29 is 19.2 Å². The lowest BCUT2D eigenvalue weighted by Crippen LogP contribution is -2.55. The van der Waals surface area contributed by atoms with E-state index in [0.717, 1.165) is 69.3 Å². The third-order valence-electron chi connectivity index (χ3n) is 10.1. The lowest BCUT2D eigenvalue weighted by molar-refractivity contribution is -0.138. The highest BCUT2D eigenvalue weighted by atomic mass is 16.2. The predicted molar refractivity (Wildman–Crippen MR) is 198 cm³/mol. The Kier molecular flexibility index (Phi) is 13.8. The summed E-state index contributed by atoms with van der Waals surface area (Å²) in [5.41, 5.74) is 3.54. The normalized spacial score (nSPS) is 17.0. The van der Waals surface area contributed by atoms with Crippen LogP contribution in [-0.2, 0) is 33.9 Å². The number of benzene rings is 2. The Morgan fingerprint density at radius 3 is 2.12 bits per heavy atom. The van der Waals surface area contributed by atoms with Crippen molar-refractivity contribution in [1.82, 2.24) is 35.5 Å². The lowest BCUT2D eigenvalue weighted by Gasteiger charge is -2.36. The van der Waals surface area contributed by atoms with E-state index in [1.165, 1.54) is 5.56 Å². The first-order valence-electron chi connectivity index (χ1n) is 18.8. The van der Waals surface area contributed by atoms with Crippen LogP contribution in [0.1, 0.15) is 98.9 Å². The summed E-state index contributed by atoms with van der Waals surface area (Å²) in [6.45, 7) is 9.69. The fraction of sp³-hybridized carbons (Fsp3) is 0.525. The molecule has 5 rings (SSSR count). The first kappa shape index (κ1) is 37.7. The third kappa shape index (κ3) is 10.7. The van der Waals surface area contributed by atoms with Crippen LogP contribution in [0, 0.1) is 5.92 Å². The summed E-state index contributed by atoms with van der Waals surface area (Å²) in [5, 5.41) is 13.4. The van der Waals surface area contributed by atoms with Crippen molar-refractivity contribution in [3.8, 4) is 0 Å². The van der Waals surface area contributed by atoms with E-state index in [1.54, 1.807) is 23.9 Å². The maximum atomic E-state index is 13.7. The Hall–Kier alpha value is -4.51. The number of nitrogens with one attached hydrogen (secondary N) is 3. The van der Waals surface area contributed by atoms with Gasteiger partial charge in [-0.2, -0.15) is 5.10 Å². The van der Waals surface area contributed by atoms with Crippen LogP contribution >= 0.6 is 0 Å². The van der Waals surface area contributed by atoms with Gasteiger partial charge in [0.15, 0.2) is 0 Å². The van der Waals surface area contributed by atoms with Gasteiger partial charge in [0.1, 0.15) is 17.8 Å². The largest absolute Gasteiger partial charge is 0.350 e. The summed E-state index contributed by atoms with van der Waals surface area (Å²) in [7, 11) is 0. The number of aromatic nitrogens is 2. The van der Waals surface area contributed by atoms with Gasteiger partial charge >= 0.3 is 0 Å². The fourth-order valence-corrected chi connectivity index (χ4v) is 7.18. The Bertz CT molecular complexity index is 1570. The zero-order valence-electron chi connectivity index (χ0n) is 30.5. The molecule has 2 aliphatic rings. The van der Waals surface area contributed by atoms with Crippen molar-refractivity contribution in [2.75, 3.05) is 26.2 Å². The number of nitrogens with zero attached hydrogens (tertiary/aromatic N) is 4. The van der Waals surface area contributed by atoms with Gasteiger partial charge in [-0.25, -0.2) is 0 Å². The minimum atomic E-state index is -0.653. The molecule has 3 N–H and O–H groups in total. The molecule has 51 heavy (non-hydrogen) atoms. The topological polar surface area (TPSA) is 129 Å². The standard InChI is InChI=1S/C40H55N7O4/c1-4-36(48)43-34(40(51)46-24-22-45(23-25-46)28-32-12-8-7-9-13-32)26-30-16-18-31(19-17-30)27-41-39(50)37(33-14-10-5-6-11-15-33)44-38(49)35-20-21-42-47(35)29(2)3/h7-9,12-13,16-21,29,33-34,37H,4-6,10-11,14-15,22-28H2,1-3H3,(H,41,50)(H,43,48)(H,44,49)/t34-,37?/m1/s1. The molecule has 1 aromatic heterocycles. The molecule has 1 unspecified atom stereocenters. The zero-order valence-corrected chi connectivity index (χ0v) is 30.5. The minimum Gasteiger partial charge on any atom is -0.350 e. The second-order valence-electron chi connectivity index (χ2n) is 14.3. The molecular weight excluding hydrogens is 642 g/mol. The van der Waals surface area contributed by atoms with Crippen LogP contribution in [0.5, 0.6) is 0 Å². The van der Waals surface area contributed by atoms with Crippen molar-refractivity contribution in [1.29, 1.82) is 0 Å². The molecule has 0 radical (unpaired) electrons. The van der Waals surface area contributed by atoms with Gasteiger partial charge in [0.05, 0.1) is 0 Å². The molecule has 0 spiro atoms. The number of rotatable bonds is 14. The first-order valence-corrected chi connectivity index (χ1v) is 18.8. The lowest BCUT2D eigenvalue weighted by atomic mass is 9.91. The maximum Gasteiger partial charge on any atom is 0.270 e. The summed E-state index contributed by atoms with van der Waals surface area (Å²) in [6.07, 6.45) is 8.47. The van der Waals surface area contributed by atoms with E-state index in [4.69, 9.17) is 0 Å². The number of carbonyl (C=O) groups is 4. The van der Waals surface area contributed by atoms with Gasteiger partial charge in [0, 0.05) is 64.3 Å². The molecule has 11 nitrogen and oxygen atoms in total. The van der Waals surface area contributed by atoms with Gasteiger partial charge in [-0.1, -0.05) is 87.2 Å². The molecule has 1 aliphatic heterocycles. The highest BCUT2D eigenvalue weighted by molar-refractivity contribution is 5.96. The highest BCUT2D eigenvalue weighted by Gasteiger charge is 2.32. The smallest absolute Gasteiger partial charge is 0.270 e. The molecule has 1 aliphatic carbocycles. The summed E-state index contributed by atoms with van der Waals surface area (Å²) in [5.74, 6) is -0.626. The van der Waals surface area contributed by atoms with E-state index in [1.807, 2.05) is 61.2 Å². The molecule has 1 saturated carbocycles. The van der Waals surface area contributed by atoms with Gasteiger partial charge < -0.3 is 20.9 Å². The zero-order chi connectivity index (χ0) is 36.2. The Morgan fingerprint density at radius 2 is 1.47 bits per heavy atom. The average Bonchev–Trinajstić information content (AvgIpc) is 3.50. The van der Waals surface area contributed by atoms with E-state index < -0.39 is 12.1 Å². The molecule has 1 saturated heterocycles. The van der Waals surface area contributed by atoms with Crippen LogP contribution in [0.25, 0.3) is 0 Å². The number of hydrogen-bond donors (Lipinski definition) is 3. The third-order valence-corrected chi connectivity index (χ3v) is 10.1. The monoisotopic (exact) mass is 697 g/mol. The molecule has 2 aromatic carbocycles. The Labute approximate surface area is 302 Å². The van der Waals surface area contributed by atoms with Crippen molar-refractivity contribution in [2.45, 2.75) is 103 Å². The van der Waals surface area contributed by atoms with Crippen molar-refractivity contribution in [3.05, 3.63) is 89.2 Å². The van der Waals surface area contributed by atoms with E-state index >= 15 is 0 Å². The predicted octanol–water partition coefficient (Wildman–Crippen LogP) is 4.63. The minimum absolute atomic E-state index is 0.0195. The van der Waals surface area contributed by atoms with Gasteiger partial charge in [0.25, 0.3) is 5.91 Å². The van der Waals surface area contributed by atoms with Gasteiger partial charge in [-0.3, -0.25) is 28.8 Å². The molecule has 0 bridgehead atoms. The van der Waals surface area contributed by atoms with E-state index in [9.17, 15) is 19.2 Å². The molecule has 4 amide bonds. The van der Waals surface area contributed by atoms with Crippen LogP contribution < -0.4 is 16.0 Å². The first-order chi connectivity index (χ1) is 24.7. The van der Waals surface area contributed by atoms with Crippen LogP contribution in [-0.4, -0.2) is 81.5 Å². The number of hydrogen-bond acceptors (Lipinski definition) is 6. The fourth-order valence-electron chi connectivity index (χ4n) is 7.18.